The lowest BCUT2D eigenvalue weighted by atomic mass is 10.7. The molecule has 1 N–H and O–H groups in total. The highest BCUT2D eigenvalue weighted by Gasteiger charge is 2.06. The Labute approximate surface area is 39.1 Å². The summed E-state index contributed by atoms with van der Waals surface area (Å²) >= 11 is 4.41. The van der Waals surface area contributed by atoms with Gasteiger partial charge in [0, 0.05) is 0 Å². The van der Waals surface area contributed by atoms with Crippen LogP contribution in [0.3, 0.4) is 0 Å². The van der Waals surface area contributed by atoms with Gasteiger partial charge in [0.15, 0.2) is 0 Å². The first-order valence-corrected chi connectivity index (χ1v) is 1.62. The van der Waals surface area contributed by atoms with Crippen LogP contribution in [0.15, 0.2) is 0 Å². The molecule has 1 unspecified atom stereocenters. The molecule has 0 aromatic carbocycles. The van der Waals surface area contributed by atoms with E-state index in [-0.39, 0.29) is 0 Å². The van der Waals surface area contributed by atoms with Crippen molar-refractivity contribution in [3.63, 3.8) is 0 Å². The van der Waals surface area contributed by atoms with Gasteiger partial charge in [0.2, 0.25) is 0 Å². The maximum Gasteiger partial charge on any atom is 0.288 e. The van der Waals surface area contributed by atoms with Gasteiger partial charge in [-0.1, -0.05) is 11.6 Å². The molecule has 1 atom stereocenters. The van der Waals surface area contributed by atoms with Crippen LogP contribution in [-0.4, -0.2) is 11.5 Å². The van der Waals surface area contributed by atoms with E-state index in [1.807, 2.05) is 0 Å². The van der Waals surface area contributed by atoms with Gasteiger partial charge in [-0.3, -0.25) is 10.5 Å². The average molecular weight is 110 g/mol. The molecule has 35 valence electrons. The molecule has 1 amide bonds. The fourth-order valence-electron chi connectivity index (χ4n) is 0. The van der Waals surface area contributed by atoms with Crippen molar-refractivity contribution in [2.24, 2.45) is 0 Å². The molecule has 0 fully saturated rings. The molecule has 0 rings (SSSR count). The monoisotopic (exact) mass is 110 g/mol. The fraction of sp³-hybridized carbons (Fsp3) is 0.500. The van der Waals surface area contributed by atoms with Crippen molar-refractivity contribution in [2.45, 2.75) is 5.63 Å². The van der Waals surface area contributed by atoms with Crippen LogP contribution in [0.1, 0.15) is 0 Å². The van der Waals surface area contributed by atoms with Crippen LogP contribution < -0.4 is 5.73 Å². The third kappa shape index (κ3) is 1.96. The number of hydrogen-bond donors (Lipinski definition) is 0. The molecule has 0 aliphatic heterocycles. The molecule has 0 aromatic heterocycles. The van der Waals surface area contributed by atoms with E-state index in [0.29, 0.717) is 0 Å². The summed E-state index contributed by atoms with van der Waals surface area (Å²) < 4.78 is 11.1. The molecular weight excluding hydrogens is 108 g/mol. The summed E-state index contributed by atoms with van der Waals surface area (Å²) in [4.78, 5) is 9.30. The molecule has 0 saturated carbocycles. The number of alkyl halides is 2. The molecule has 0 heterocycles. The number of rotatable bonds is 1. The highest BCUT2D eigenvalue weighted by molar-refractivity contribution is 6.29. The van der Waals surface area contributed by atoms with E-state index in [1.54, 1.807) is 0 Å². The second-order valence-corrected chi connectivity index (χ2v) is 1.05. The first kappa shape index (κ1) is 5.69. The van der Waals surface area contributed by atoms with Crippen molar-refractivity contribution >= 4 is 17.5 Å². The topological polar surface area (TPSA) is 40.9 Å². The van der Waals surface area contributed by atoms with E-state index in [0.717, 1.165) is 0 Å². The van der Waals surface area contributed by atoms with E-state index >= 15 is 0 Å². The molecule has 0 aromatic rings. The second kappa shape index (κ2) is 1.97. The van der Waals surface area contributed by atoms with Gasteiger partial charge in [-0.2, -0.15) is 0 Å². The standard InChI is InChI=1S/C2H2ClFNO/c3-1(4)2(5)6/h1,5H. The van der Waals surface area contributed by atoms with Gasteiger partial charge in [0.25, 0.3) is 11.5 Å². The molecule has 6 heavy (non-hydrogen) atoms. The average Bonchev–Trinajstić information content (AvgIpc) is 1.36. The lowest BCUT2D eigenvalue weighted by molar-refractivity contribution is -0.120. The van der Waals surface area contributed by atoms with Gasteiger partial charge in [0.1, 0.15) is 0 Å². The minimum atomic E-state index is -2.15. The van der Waals surface area contributed by atoms with Crippen molar-refractivity contribution in [1.29, 1.82) is 0 Å². The van der Waals surface area contributed by atoms with Gasteiger partial charge in [0.05, 0.1) is 0 Å². The quantitative estimate of drug-likeness (QED) is 0.449. The van der Waals surface area contributed by atoms with Crippen LogP contribution in [0, 0.1) is 0 Å². The Balaban J connectivity index is 3.26. The smallest absolute Gasteiger partial charge is 0.268 e. The molecular formula is C2H2ClFNO. The number of carbonyl (C=O) groups is 1. The number of nitrogens with one attached hydrogen (secondary N) is 1. The maximum atomic E-state index is 11.1. The predicted octanol–water partition coefficient (Wildman–Crippen LogP) is 0.330. The van der Waals surface area contributed by atoms with Gasteiger partial charge in [-0.25, -0.2) is 4.39 Å². The molecule has 0 saturated heterocycles. The summed E-state index contributed by atoms with van der Waals surface area (Å²) in [5, 5.41) is 0. The van der Waals surface area contributed by atoms with Gasteiger partial charge in [-0.05, 0) is 0 Å². The lowest BCUT2D eigenvalue weighted by Crippen LogP contribution is -2.07. The Hall–Kier alpha value is -0.310. The number of halogens is 2. The van der Waals surface area contributed by atoms with Crippen LogP contribution in [0.2, 0.25) is 0 Å². The highest BCUT2D eigenvalue weighted by atomic mass is 35.5. The highest BCUT2D eigenvalue weighted by Crippen LogP contribution is 1.92. The van der Waals surface area contributed by atoms with Crippen LogP contribution in [0.25, 0.3) is 0 Å². The van der Waals surface area contributed by atoms with E-state index in [4.69, 9.17) is 5.73 Å². The Morgan fingerprint density at radius 3 is 2.17 bits per heavy atom. The van der Waals surface area contributed by atoms with Crippen molar-refractivity contribution < 1.29 is 9.18 Å². The van der Waals surface area contributed by atoms with E-state index < -0.39 is 11.5 Å². The number of carbonyl (C=O) groups excluding carboxylic acids is 1. The van der Waals surface area contributed by atoms with Crippen molar-refractivity contribution in [3.8, 4) is 0 Å². The van der Waals surface area contributed by atoms with Crippen molar-refractivity contribution in [2.75, 3.05) is 0 Å². The van der Waals surface area contributed by atoms with Crippen molar-refractivity contribution in [3.05, 3.63) is 0 Å². The Morgan fingerprint density at radius 1 is 2.00 bits per heavy atom. The number of hydrogen-bond acceptors (Lipinski definition) is 1. The SMILES string of the molecule is [NH]C(=O)C(F)Cl. The Kier molecular flexibility index (Phi) is 1.87. The van der Waals surface area contributed by atoms with E-state index in [9.17, 15) is 9.18 Å². The first-order chi connectivity index (χ1) is 2.64. The van der Waals surface area contributed by atoms with Crippen molar-refractivity contribution in [1.82, 2.24) is 5.73 Å². The lowest BCUT2D eigenvalue weighted by Gasteiger charge is -1.82. The third-order valence-electron chi connectivity index (χ3n) is 0.198. The van der Waals surface area contributed by atoms with E-state index in [2.05, 4.69) is 11.6 Å². The first-order valence-electron chi connectivity index (χ1n) is 1.18. The van der Waals surface area contributed by atoms with Crippen LogP contribution in [0.4, 0.5) is 4.39 Å². The molecule has 4 heteroatoms. The minimum absolute atomic E-state index is 1.39. The zero-order chi connectivity index (χ0) is 5.15. The van der Waals surface area contributed by atoms with Crippen LogP contribution >= 0.6 is 11.6 Å². The van der Waals surface area contributed by atoms with Gasteiger partial charge < -0.3 is 0 Å². The fourth-order valence-corrected chi connectivity index (χ4v) is 0. The third-order valence-corrected chi connectivity index (χ3v) is 0.396. The Morgan fingerprint density at radius 2 is 2.17 bits per heavy atom. The van der Waals surface area contributed by atoms with Gasteiger partial charge >= 0.3 is 0 Å². The summed E-state index contributed by atoms with van der Waals surface area (Å²) in [7, 11) is 0. The largest absolute Gasteiger partial charge is 0.288 e. The molecule has 0 spiro atoms. The zero-order valence-corrected chi connectivity index (χ0v) is 3.50. The normalized spacial score (nSPS) is 13.7. The number of amides is 1. The summed E-state index contributed by atoms with van der Waals surface area (Å²) in [6, 6.07) is 0. The molecule has 0 aliphatic rings. The zero-order valence-electron chi connectivity index (χ0n) is 2.74. The van der Waals surface area contributed by atoms with E-state index in [1.165, 1.54) is 0 Å². The maximum absolute atomic E-state index is 11.1. The molecule has 2 nitrogen and oxygen atoms in total. The Bertz CT molecular complexity index is 64.6. The predicted molar refractivity (Wildman–Crippen MR) is 18.9 cm³/mol. The van der Waals surface area contributed by atoms with Gasteiger partial charge in [-0.15, -0.1) is 0 Å². The molecule has 0 bridgehead atoms. The molecule has 1 radical (unpaired) electrons. The minimum Gasteiger partial charge on any atom is -0.268 e. The van der Waals surface area contributed by atoms with Crippen LogP contribution in [-0.2, 0) is 4.79 Å². The van der Waals surface area contributed by atoms with Crippen LogP contribution in [0.5, 0.6) is 0 Å². The summed E-state index contributed by atoms with van der Waals surface area (Å²) in [6.07, 6.45) is 0. The summed E-state index contributed by atoms with van der Waals surface area (Å²) in [5.41, 5.74) is 3.74. The molecule has 0 aliphatic carbocycles. The second-order valence-electron chi connectivity index (χ2n) is 0.665. The summed E-state index contributed by atoms with van der Waals surface area (Å²) in [5.74, 6) is -1.39. The summed E-state index contributed by atoms with van der Waals surface area (Å²) in [6.45, 7) is 0.